The molecule has 4 rings (SSSR count). The van der Waals surface area contributed by atoms with Crippen molar-refractivity contribution < 1.29 is 9.18 Å². The topological polar surface area (TPSA) is 54.0 Å². The maximum atomic E-state index is 13.6. The lowest BCUT2D eigenvalue weighted by Gasteiger charge is -2.26. The molecule has 0 saturated heterocycles. The number of anilines is 2. The summed E-state index contributed by atoms with van der Waals surface area (Å²) in [6, 6.07) is 7.84. The van der Waals surface area contributed by atoms with E-state index in [1.165, 1.54) is 18.3 Å². The SMILES string of the molecule is O=C(Nc1cncc2ccc(F)cc12)[C@@H]1CCNc2cc(Cl)c(Cl)cc21. The Morgan fingerprint density at radius 2 is 2.00 bits per heavy atom. The summed E-state index contributed by atoms with van der Waals surface area (Å²) >= 11 is 12.2. The Kier molecular flexibility index (Phi) is 4.42. The average Bonchev–Trinajstić information content (AvgIpc) is 2.62. The van der Waals surface area contributed by atoms with Gasteiger partial charge in [0.25, 0.3) is 0 Å². The molecule has 3 aromatic rings. The fourth-order valence-electron chi connectivity index (χ4n) is 3.24. The van der Waals surface area contributed by atoms with Crippen LogP contribution in [0.4, 0.5) is 15.8 Å². The van der Waals surface area contributed by atoms with Gasteiger partial charge in [-0.15, -0.1) is 0 Å². The van der Waals surface area contributed by atoms with Crippen molar-refractivity contribution in [3.8, 4) is 0 Å². The summed E-state index contributed by atoms with van der Waals surface area (Å²) in [5.41, 5.74) is 2.07. The summed E-state index contributed by atoms with van der Waals surface area (Å²) in [5.74, 6) is -0.942. The molecule has 26 heavy (non-hydrogen) atoms. The Bertz CT molecular complexity index is 1030. The third-order valence-electron chi connectivity index (χ3n) is 4.51. The van der Waals surface area contributed by atoms with Gasteiger partial charge in [-0.05, 0) is 42.3 Å². The summed E-state index contributed by atoms with van der Waals surface area (Å²) in [6.07, 6.45) is 3.77. The summed E-state index contributed by atoms with van der Waals surface area (Å²) in [6.45, 7) is 0.644. The van der Waals surface area contributed by atoms with Crippen molar-refractivity contribution in [1.82, 2.24) is 4.98 Å². The van der Waals surface area contributed by atoms with Gasteiger partial charge < -0.3 is 10.6 Å². The van der Waals surface area contributed by atoms with Crippen LogP contribution in [-0.4, -0.2) is 17.4 Å². The Hall–Kier alpha value is -2.37. The molecule has 1 amide bonds. The average molecular weight is 390 g/mol. The Morgan fingerprint density at radius 3 is 2.85 bits per heavy atom. The van der Waals surface area contributed by atoms with Crippen LogP contribution in [0.3, 0.4) is 0 Å². The van der Waals surface area contributed by atoms with Crippen molar-refractivity contribution in [3.63, 3.8) is 0 Å². The van der Waals surface area contributed by atoms with E-state index >= 15 is 0 Å². The van der Waals surface area contributed by atoms with Gasteiger partial charge in [0.05, 0.1) is 27.8 Å². The number of fused-ring (bicyclic) bond motifs is 2. The number of benzene rings is 2. The Labute approximate surface area is 159 Å². The van der Waals surface area contributed by atoms with Crippen molar-refractivity contribution in [2.75, 3.05) is 17.2 Å². The number of amides is 1. The predicted molar refractivity (Wildman–Crippen MR) is 103 cm³/mol. The van der Waals surface area contributed by atoms with E-state index in [0.717, 1.165) is 16.6 Å². The van der Waals surface area contributed by atoms with Gasteiger partial charge >= 0.3 is 0 Å². The summed E-state index contributed by atoms with van der Waals surface area (Å²) in [7, 11) is 0. The third-order valence-corrected chi connectivity index (χ3v) is 5.24. The first-order valence-corrected chi connectivity index (χ1v) is 8.85. The maximum absolute atomic E-state index is 13.6. The molecule has 1 atom stereocenters. The zero-order valence-corrected chi connectivity index (χ0v) is 15.0. The van der Waals surface area contributed by atoms with Gasteiger partial charge in [-0.2, -0.15) is 0 Å². The van der Waals surface area contributed by atoms with Crippen molar-refractivity contribution >= 4 is 51.3 Å². The van der Waals surface area contributed by atoms with E-state index in [1.807, 2.05) is 0 Å². The van der Waals surface area contributed by atoms with Crippen LogP contribution in [0.1, 0.15) is 17.9 Å². The zero-order chi connectivity index (χ0) is 18.3. The van der Waals surface area contributed by atoms with Crippen molar-refractivity contribution in [1.29, 1.82) is 0 Å². The normalized spacial score (nSPS) is 16.0. The summed E-state index contributed by atoms with van der Waals surface area (Å²) in [4.78, 5) is 17.0. The van der Waals surface area contributed by atoms with E-state index in [1.54, 1.807) is 24.4 Å². The van der Waals surface area contributed by atoms with Crippen LogP contribution in [0.15, 0.2) is 42.7 Å². The number of nitrogens with zero attached hydrogens (tertiary/aromatic N) is 1. The van der Waals surface area contributed by atoms with Gasteiger partial charge in [-0.1, -0.05) is 23.2 Å². The van der Waals surface area contributed by atoms with Crippen molar-refractivity contribution in [2.24, 2.45) is 0 Å². The van der Waals surface area contributed by atoms with Gasteiger partial charge in [0.1, 0.15) is 5.82 Å². The minimum atomic E-state index is -0.384. The van der Waals surface area contributed by atoms with E-state index in [0.29, 0.717) is 34.1 Å². The molecule has 2 aromatic carbocycles. The molecule has 2 heterocycles. The van der Waals surface area contributed by atoms with E-state index in [2.05, 4.69) is 15.6 Å². The smallest absolute Gasteiger partial charge is 0.232 e. The van der Waals surface area contributed by atoms with Crippen LogP contribution in [-0.2, 0) is 4.79 Å². The number of pyridine rings is 1. The molecular weight excluding hydrogens is 376 g/mol. The van der Waals surface area contributed by atoms with E-state index in [9.17, 15) is 9.18 Å². The number of nitrogens with one attached hydrogen (secondary N) is 2. The minimum absolute atomic E-state index is 0.190. The highest BCUT2D eigenvalue weighted by molar-refractivity contribution is 6.42. The first-order chi connectivity index (χ1) is 12.5. The number of hydrogen-bond acceptors (Lipinski definition) is 3. The largest absolute Gasteiger partial charge is 0.385 e. The molecule has 0 fully saturated rings. The number of hydrogen-bond donors (Lipinski definition) is 2. The number of carbonyl (C=O) groups excluding carboxylic acids is 1. The van der Waals surface area contributed by atoms with Gasteiger partial charge in [0.2, 0.25) is 5.91 Å². The second kappa shape index (κ2) is 6.74. The van der Waals surface area contributed by atoms with Crippen LogP contribution < -0.4 is 10.6 Å². The Balaban J connectivity index is 1.69. The molecule has 1 aliphatic rings. The monoisotopic (exact) mass is 389 g/mol. The van der Waals surface area contributed by atoms with Gasteiger partial charge in [0.15, 0.2) is 0 Å². The lowest BCUT2D eigenvalue weighted by molar-refractivity contribution is -0.117. The van der Waals surface area contributed by atoms with Crippen LogP contribution >= 0.6 is 23.2 Å². The molecule has 0 spiro atoms. The van der Waals surface area contributed by atoms with E-state index in [-0.39, 0.29) is 17.6 Å². The first-order valence-electron chi connectivity index (χ1n) is 8.10. The lowest BCUT2D eigenvalue weighted by atomic mass is 9.90. The standard InChI is InChI=1S/C19H14Cl2FN3O/c20-15-6-14-12(3-4-24-17(14)7-16(15)21)19(26)25-18-9-23-8-10-1-2-11(22)5-13(10)18/h1-2,5-9,12,24H,3-4H2,(H,25,26)/t12-/m1/s1. The summed E-state index contributed by atoms with van der Waals surface area (Å²) in [5, 5.41) is 8.32. The second-order valence-electron chi connectivity index (χ2n) is 6.16. The number of aromatic nitrogens is 1. The molecule has 1 aliphatic heterocycles. The van der Waals surface area contributed by atoms with Gasteiger partial charge in [-0.25, -0.2) is 4.39 Å². The first kappa shape index (κ1) is 17.1. The summed E-state index contributed by atoms with van der Waals surface area (Å²) < 4.78 is 13.6. The number of carbonyl (C=O) groups is 1. The van der Waals surface area contributed by atoms with E-state index in [4.69, 9.17) is 23.2 Å². The molecule has 0 bridgehead atoms. The van der Waals surface area contributed by atoms with Crippen LogP contribution in [0.2, 0.25) is 10.0 Å². The number of halogens is 3. The van der Waals surface area contributed by atoms with Crippen molar-refractivity contribution in [2.45, 2.75) is 12.3 Å². The highest BCUT2D eigenvalue weighted by Gasteiger charge is 2.28. The highest BCUT2D eigenvalue weighted by atomic mass is 35.5. The lowest BCUT2D eigenvalue weighted by Crippen LogP contribution is -2.27. The molecule has 2 N–H and O–H groups in total. The maximum Gasteiger partial charge on any atom is 0.232 e. The quantitative estimate of drug-likeness (QED) is 0.631. The molecule has 132 valence electrons. The second-order valence-corrected chi connectivity index (χ2v) is 6.98. The van der Waals surface area contributed by atoms with Gasteiger partial charge in [0, 0.05) is 29.2 Å². The molecular formula is C19H14Cl2FN3O. The molecule has 7 heteroatoms. The number of rotatable bonds is 2. The molecule has 0 unspecified atom stereocenters. The van der Waals surface area contributed by atoms with Crippen LogP contribution in [0.5, 0.6) is 0 Å². The van der Waals surface area contributed by atoms with E-state index < -0.39 is 0 Å². The Morgan fingerprint density at radius 1 is 1.19 bits per heavy atom. The fourth-order valence-corrected chi connectivity index (χ4v) is 3.57. The van der Waals surface area contributed by atoms with Crippen LogP contribution in [0.25, 0.3) is 10.8 Å². The third kappa shape index (κ3) is 3.08. The van der Waals surface area contributed by atoms with Crippen LogP contribution in [0, 0.1) is 5.82 Å². The minimum Gasteiger partial charge on any atom is -0.385 e. The van der Waals surface area contributed by atoms with Gasteiger partial charge in [-0.3, -0.25) is 9.78 Å². The molecule has 1 aromatic heterocycles. The fraction of sp³-hybridized carbons (Fsp3) is 0.158. The zero-order valence-electron chi connectivity index (χ0n) is 13.5. The molecule has 0 saturated carbocycles. The van der Waals surface area contributed by atoms with Crippen molar-refractivity contribution in [3.05, 3.63) is 64.2 Å². The molecule has 4 nitrogen and oxygen atoms in total. The predicted octanol–water partition coefficient (Wildman–Crippen LogP) is 5.22. The molecule has 0 radical (unpaired) electrons. The molecule has 0 aliphatic carbocycles. The highest BCUT2D eigenvalue weighted by Crippen LogP contribution is 2.38.